The maximum atomic E-state index is 12.6. The molecule has 4 bridgehead atoms. The van der Waals surface area contributed by atoms with Gasteiger partial charge >= 0.3 is 0 Å². The summed E-state index contributed by atoms with van der Waals surface area (Å²) in [6.45, 7) is 25.1. The molecule has 4 fully saturated rings. The number of hydrogen-bond donors (Lipinski definition) is 2. The van der Waals surface area contributed by atoms with E-state index in [4.69, 9.17) is 40.0 Å². The number of ketones is 1. The second-order valence-corrected chi connectivity index (χ2v) is 37.5. The smallest absolute Gasteiger partial charge is 0.165 e. The Balaban J connectivity index is 0.000000191. The highest BCUT2D eigenvalue weighted by molar-refractivity contribution is 6.76. The average Bonchev–Trinajstić information content (AvgIpc) is 2.71. The van der Waals surface area contributed by atoms with Crippen molar-refractivity contribution >= 4 is 50.6 Å². The number of aromatic nitrogens is 8. The quantitative estimate of drug-likeness (QED) is 0.0229. The van der Waals surface area contributed by atoms with Crippen LogP contribution in [-0.2, 0) is 14.2 Å². The Morgan fingerprint density at radius 1 is 0.631 bits per heavy atom. The molecule has 0 radical (unpaired) electrons. The van der Waals surface area contributed by atoms with Gasteiger partial charge in [0.2, 0.25) is 0 Å². The maximum Gasteiger partial charge on any atom is 0.165 e. The van der Waals surface area contributed by atoms with Crippen molar-refractivity contribution in [3.05, 3.63) is 139 Å². The van der Waals surface area contributed by atoms with Gasteiger partial charge in [0.05, 0.1) is 52.9 Å². The van der Waals surface area contributed by atoms with Crippen molar-refractivity contribution < 1.29 is 19.0 Å². The summed E-state index contributed by atoms with van der Waals surface area (Å²) in [4.78, 5) is 34.9. The number of nitrogen functional groups attached to an aromatic ring is 1. The summed E-state index contributed by atoms with van der Waals surface area (Å²) in [5.74, 6) is 3.85. The number of nitrogens with one attached hydrogen (secondary N) is 1. The lowest BCUT2D eigenvalue weighted by molar-refractivity contribution is 0.0940. The van der Waals surface area contributed by atoms with Crippen molar-refractivity contribution in [2.75, 3.05) is 43.9 Å². The average molecular weight is 1160 g/mol. The lowest BCUT2D eigenvalue weighted by Gasteiger charge is -2.33. The van der Waals surface area contributed by atoms with E-state index in [-0.39, 0.29) is 11.7 Å². The summed E-state index contributed by atoms with van der Waals surface area (Å²) >= 11 is 0. The van der Waals surface area contributed by atoms with Crippen molar-refractivity contribution in [3.63, 3.8) is 0 Å². The van der Waals surface area contributed by atoms with Crippen LogP contribution in [0.4, 0.5) is 11.6 Å². The molecule has 2 saturated heterocycles. The SMILES string of the molecule is C=C(OCC)c1c(C2C[C@H]3CC[C@@H](C2)C3)nc2c(-c3ccc(-c4ccccc4)nc3)cnn2c1N(COCC[Si](C)(C)C)COCC[Si](C)(C)C.CC(=O)c1c(C2C[C@H]3CC[C@@H](C2)N3)nc2c(-c3ccc(-c4ccccc4)nc3)cnn2c1N. The van der Waals surface area contributed by atoms with Crippen molar-refractivity contribution in [2.45, 2.75) is 147 Å². The molecule has 84 heavy (non-hydrogen) atoms. The fourth-order valence-corrected chi connectivity index (χ4v) is 14.6. The van der Waals surface area contributed by atoms with E-state index < -0.39 is 16.1 Å². The number of carbonyl (C=O) groups excluding carboxylic acids is 1. The van der Waals surface area contributed by atoms with Crippen LogP contribution in [0.2, 0.25) is 51.4 Å². The molecule has 0 spiro atoms. The first-order valence-electron chi connectivity index (χ1n) is 30.6. The van der Waals surface area contributed by atoms with Crippen LogP contribution in [0.5, 0.6) is 0 Å². The number of hydrogen-bond acceptors (Lipinski definition) is 13. The van der Waals surface area contributed by atoms with Gasteiger partial charge in [-0.3, -0.25) is 14.8 Å². The van der Waals surface area contributed by atoms with Crippen molar-refractivity contribution in [1.82, 2.24) is 44.5 Å². The molecule has 12 rings (SSSR count). The van der Waals surface area contributed by atoms with Crippen LogP contribution < -0.4 is 16.0 Å². The van der Waals surface area contributed by atoms with E-state index in [1.165, 1.54) is 32.1 Å². The monoisotopic (exact) mass is 1160 g/mol. The van der Waals surface area contributed by atoms with Crippen LogP contribution in [0.1, 0.15) is 111 Å². The first-order chi connectivity index (χ1) is 40.5. The van der Waals surface area contributed by atoms with Crippen LogP contribution in [0, 0.1) is 11.8 Å². The van der Waals surface area contributed by atoms with E-state index in [2.05, 4.69) is 90.4 Å². The molecule has 6 aromatic heterocycles. The number of nitrogens with zero attached hydrogens (tertiary/aromatic N) is 9. The van der Waals surface area contributed by atoms with Gasteiger partial charge in [0.1, 0.15) is 30.9 Å². The summed E-state index contributed by atoms with van der Waals surface area (Å²) < 4.78 is 22.8. The van der Waals surface area contributed by atoms with Crippen LogP contribution >= 0.6 is 0 Å². The van der Waals surface area contributed by atoms with Crippen LogP contribution in [-0.4, -0.2) is 106 Å². The molecule has 15 nitrogen and oxygen atoms in total. The zero-order valence-corrected chi connectivity index (χ0v) is 52.6. The second-order valence-electron chi connectivity index (χ2n) is 26.3. The molecule has 8 aromatic rings. The number of ether oxygens (including phenoxy) is 3. The van der Waals surface area contributed by atoms with E-state index in [1.54, 1.807) is 17.6 Å². The number of benzene rings is 2. The number of fused-ring (bicyclic) bond motifs is 6. The topological polar surface area (TPSA) is 172 Å². The maximum absolute atomic E-state index is 12.6. The van der Waals surface area contributed by atoms with Gasteiger partial charge in [-0.2, -0.15) is 19.2 Å². The molecule has 17 heteroatoms. The molecule has 0 amide bonds. The lowest BCUT2D eigenvalue weighted by Crippen LogP contribution is -2.38. The predicted molar refractivity (Wildman–Crippen MR) is 344 cm³/mol. The summed E-state index contributed by atoms with van der Waals surface area (Å²) in [6, 6.07) is 31.8. The molecule has 2 saturated carbocycles. The van der Waals surface area contributed by atoms with Crippen molar-refractivity contribution in [2.24, 2.45) is 11.8 Å². The van der Waals surface area contributed by atoms with Gasteiger partial charge in [0.25, 0.3) is 0 Å². The zero-order chi connectivity index (χ0) is 58.7. The van der Waals surface area contributed by atoms with E-state index in [0.29, 0.717) is 74.1 Å². The molecular weight excluding hydrogens is 1080 g/mol. The molecular formula is C67H85N11O4Si2. The third-order valence-electron chi connectivity index (χ3n) is 17.5. The van der Waals surface area contributed by atoms with Crippen molar-refractivity contribution in [3.8, 4) is 44.8 Å². The second kappa shape index (κ2) is 25.4. The number of piperidine rings is 1. The van der Waals surface area contributed by atoms with Crippen molar-refractivity contribution in [1.29, 1.82) is 0 Å². The Kier molecular flexibility index (Phi) is 17.8. The number of nitrogens with two attached hydrogens (primary N) is 1. The van der Waals surface area contributed by atoms with Gasteiger partial charge in [-0.15, -0.1) is 0 Å². The highest BCUT2D eigenvalue weighted by Gasteiger charge is 2.40. The predicted octanol–water partition coefficient (Wildman–Crippen LogP) is 14.4. The van der Waals surface area contributed by atoms with Gasteiger partial charge < -0.3 is 30.2 Å². The number of pyridine rings is 2. The third-order valence-corrected chi connectivity index (χ3v) is 20.9. The molecule has 4 aliphatic rings. The Labute approximate surface area is 497 Å². The van der Waals surface area contributed by atoms with Gasteiger partial charge in [-0.25, -0.2) is 9.97 Å². The van der Waals surface area contributed by atoms with Gasteiger partial charge in [-0.05, 0) is 94.8 Å². The number of rotatable bonds is 21. The fourth-order valence-electron chi connectivity index (χ4n) is 13.1. The molecule has 440 valence electrons. The zero-order valence-electron chi connectivity index (χ0n) is 50.6. The molecule has 8 heterocycles. The normalized spacial score (nSPS) is 20.2. The summed E-state index contributed by atoms with van der Waals surface area (Å²) in [5.41, 5.74) is 19.1. The van der Waals surface area contributed by atoms with E-state index in [9.17, 15) is 4.79 Å². The van der Waals surface area contributed by atoms with E-state index >= 15 is 0 Å². The Hall–Kier alpha value is -6.90. The molecule has 2 aromatic carbocycles. The largest absolute Gasteiger partial charge is 0.494 e. The fraction of sp³-hybridized carbons (Fsp3) is 0.448. The number of anilines is 2. The molecule has 3 N–H and O–H groups in total. The first-order valence-corrected chi connectivity index (χ1v) is 38.0. The van der Waals surface area contributed by atoms with Gasteiger partial charge in [-0.1, -0.05) is 131 Å². The summed E-state index contributed by atoms with van der Waals surface area (Å²) in [5, 5.41) is 13.2. The molecule has 2 unspecified atom stereocenters. The van der Waals surface area contributed by atoms with Crippen LogP contribution in [0.25, 0.3) is 61.8 Å². The Morgan fingerprint density at radius 3 is 1.60 bits per heavy atom. The Bertz CT molecular complexity index is 3530. The summed E-state index contributed by atoms with van der Waals surface area (Å²) in [6.07, 6.45) is 18.1. The molecule has 2 aliphatic heterocycles. The minimum Gasteiger partial charge on any atom is -0.494 e. The minimum atomic E-state index is -1.28. The highest BCUT2D eigenvalue weighted by Crippen LogP contribution is 2.50. The highest BCUT2D eigenvalue weighted by atomic mass is 28.3. The number of Topliss-reactive ketones (excluding diaryl/α,β-unsaturated/α-hetero) is 1. The van der Waals surface area contributed by atoms with E-state index in [1.807, 2.05) is 90.7 Å². The van der Waals surface area contributed by atoms with E-state index in [0.717, 1.165) is 123 Å². The minimum absolute atomic E-state index is 0.0614. The first kappa shape index (κ1) is 58.9. The van der Waals surface area contributed by atoms with Gasteiger partial charge in [0, 0.05) is 99.1 Å². The molecule has 6 atom stereocenters. The molecule has 2 aliphatic carbocycles. The Morgan fingerprint density at radius 2 is 1.12 bits per heavy atom. The third kappa shape index (κ3) is 13.3. The lowest BCUT2D eigenvalue weighted by atomic mass is 9.78. The van der Waals surface area contributed by atoms with Crippen LogP contribution in [0.15, 0.2) is 116 Å². The number of carbonyl (C=O) groups is 1. The van der Waals surface area contributed by atoms with Crippen LogP contribution in [0.3, 0.4) is 0 Å². The standard InChI is InChI=1S/C41H59N5O3Si2.C26H26N6O/c1-9-49-30(2)38-39(35-24-31-15-16-32(23-31)25-35)44-40-36(34-17-18-37(42-26-34)33-13-11-10-12-14-33)27-43-46(40)41(38)45(28-47-19-21-50(3,4)5)29-48-20-22-51(6,7)8;1-15(33)23-24(18-11-19-8-9-20(12-18)30-19)31-26-21(14-29-32(26)25(23)27)17-7-10-22(28-13-17)16-5-3-2-4-6-16/h10-14,17-18,26-27,31-32,35H,2,9,15-16,19-25,28-29H2,1,3-8H3;2-7,10,13-14,18-20,30H,8-9,11-12,27H2,1H3/t31-,32+,35?;18?,19-,20+. The summed E-state index contributed by atoms with van der Waals surface area (Å²) in [7, 11) is -2.56. The van der Waals surface area contributed by atoms with Gasteiger partial charge in [0.15, 0.2) is 17.1 Å².